The number of aliphatic hydroxyl groups excluding tert-OH is 1. The van der Waals surface area contributed by atoms with E-state index in [1.807, 2.05) is 18.2 Å². The Labute approximate surface area is 128 Å². The van der Waals surface area contributed by atoms with Crippen LogP contribution in [0.15, 0.2) is 18.2 Å². The van der Waals surface area contributed by atoms with Gasteiger partial charge < -0.3 is 10.0 Å². The van der Waals surface area contributed by atoms with Crippen molar-refractivity contribution in [3.63, 3.8) is 0 Å². The second-order valence-corrected chi connectivity index (χ2v) is 7.10. The molecule has 1 heterocycles. The summed E-state index contributed by atoms with van der Waals surface area (Å²) in [6, 6.07) is 7.99. The van der Waals surface area contributed by atoms with Gasteiger partial charge in [0.25, 0.3) is 0 Å². The molecule has 0 bridgehead atoms. The third-order valence-electron chi connectivity index (χ3n) is 4.66. The molecule has 0 spiro atoms. The van der Waals surface area contributed by atoms with Crippen LogP contribution in [0.25, 0.3) is 0 Å². The van der Waals surface area contributed by atoms with Gasteiger partial charge in [-0.3, -0.25) is 0 Å². The van der Waals surface area contributed by atoms with Crippen molar-refractivity contribution in [3.8, 4) is 6.07 Å². The van der Waals surface area contributed by atoms with Crippen molar-refractivity contribution in [1.29, 1.82) is 5.26 Å². The Bertz CT molecular complexity index is 525. The predicted octanol–water partition coefficient (Wildman–Crippen LogP) is 3.70. The smallest absolute Gasteiger partial charge is 0.101 e. The molecule has 0 aromatic heterocycles. The number of rotatable bonds is 2. The molecule has 0 saturated carbocycles. The Morgan fingerprint density at radius 3 is 2.67 bits per heavy atom. The van der Waals surface area contributed by atoms with Crippen LogP contribution in [0, 0.1) is 22.7 Å². The monoisotopic (exact) mass is 286 g/mol. The van der Waals surface area contributed by atoms with E-state index in [4.69, 9.17) is 0 Å². The van der Waals surface area contributed by atoms with Crippen molar-refractivity contribution in [2.75, 3.05) is 18.0 Å². The van der Waals surface area contributed by atoms with Gasteiger partial charge in [0, 0.05) is 13.1 Å². The normalized spacial score (nSPS) is 20.0. The Hall–Kier alpha value is -1.53. The molecule has 114 valence electrons. The first-order chi connectivity index (χ1) is 9.95. The molecule has 0 aliphatic carbocycles. The maximum Gasteiger partial charge on any atom is 0.101 e. The van der Waals surface area contributed by atoms with Crippen LogP contribution >= 0.6 is 0 Å². The van der Waals surface area contributed by atoms with Crippen LogP contribution in [0.4, 0.5) is 5.69 Å². The van der Waals surface area contributed by atoms with Crippen LogP contribution < -0.4 is 4.90 Å². The molecule has 1 unspecified atom stereocenters. The quantitative estimate of drug-likeness (QED) is 0.901. The van der Waals surface area contributed by atoms with Crippen molar-refractivity contribution < 1.29 is 5.11 Å². The summed E-state index contributed by atoms with van der Waals surface area (Å²) in [5.41, 5.74) is 2.85. The summed E-state index contributed by atoms with van der Waals surface area (Å²) in [7, 11) is 0. The molecule has 3 heteroatoms. The van der Waals surface area contributed by atoms with E-state index in [1.54, 1.807) is 0 Å². The van der Waals surface area contributed by atoms with Gasteiger partial charge in [0.05, 0.1) is 17.9 Å². The molecule has 1 saturated heterocycles. The number of hydrogen-bond acceptors (Lipinski definition) is 3. The Morgan fingerprint density at radius 1 is 1.29 bits per heavy atom. The number of benzene rings is 1. The second-order valence-electron chi connectivity index (χ2n) is 7.10. The Balaban J connectivity index is 2.18. The zero-order valence-corrected chi connectivity index (χ0v) is 13.4. The van der Waals surface area contributed by atoms with Gasteiger partial charge in [-0.05, 0) is 48.3 Å². The summed E-state index contributed by atoms with van der Waals surface area (Å²) < 4.78 is 0. The van der Waals surface area contributed by atoms with Gasteiger partial charge in [0.1, 0.15) is 6.07 Å². The first-order valence-electron chi connectivity index (χ1n) is 7.84. The molecule has 1 atom stereocenters. The summed E-state index contributed by atoms with van der Waals surface area (Å²) in [6.07, 6.45) is 3.61. The third-order valence-corrected chi connectivity index (χ3v) is 4.66. The van der Waals surface area contributed by atoms with Gasteiger partial charge in [0.15, 0.2) is 0 Å². The fraction of sp³-hybridized carbons (Fsp3) is 0.611. The van der Waals surface area contributed by atoms with Crippen molar-refractivity contribution in [3.05, 3.63) is 29.3 Å². The molecular weight excluding hydrogens is 260 g/mol. The molecular formula is C18H26N2O. The summed E-state index contributed by atoms with van der Waals surface area (Å²) in [6.45, 7) is 8.98. The van der Waals surface area contributed by atoms with Crippen LogP contribution in [0.5, 0.6) is 0 Å². The number of nitrogens with zero attached hydrogens (tertiary/aromatic N) is 2. The lowest BCUT2D eigenvalue weighted by atomic mass is 9.77. The highest BCUT2D eigenvalue weighted by molar-refractivity contribution is 5.60. The maximum atomic E-state index is 9.36. The zero-order valence-electron chi connectivity index (χ0n) is 13.4. The minimum absolute atomic E-state index is 0.0128. The highest BCUT2D eigenvalue weighted by Crippen LogP contribution is 2.35. The Kier molecular flexibility index (Phi) is 4.90. The van der Waals surface area contributed by atoms with E-state index < -0.39 is 0 Å². The van der Waals surface area contributed by atoms with Gasteiger partial charge in [-0.15, -0.1) is 0 Å². The van der Waals surface area contributed by atoms with Gasteiger partial charge in [-0.25, -0.2) is 0 Å². The van der Waals surface area contributed by atoms with E-state index in [0.29, 0.717) is 11.0 Å². The molecule has 3 nitrogen and oxygen atoms in total. The molecule has 1 aliphatic heterocycles. The summed E-state index contributed by atoms with van der Waals surface area (Å²) in [5, 5.41) is 18.6. The van der Waals surface area contributed by atoms with Crippen molar-refractivity contribution in [2.45, 2.75) is 46.6 Å². The molecule has 1 aromatic carbocycles. The number of anilines is 1. The molecule has 0 radical (unpaired) electrons. The van der Waals surface area contributed by atoms with Crippen molar-refractivity contribution in [2.24, 2.45) is 11.3 Å². The average molecular weight is 286 g/mol. The van der Waals surface area contributed by atoms with E-state index in [0.717, 1.165) is 30.3 Å². The lowest BCUT2D eigenvalue weighted by Gasteiger charge is -2.30. The topological polar surface area (TPSA) is 47.3 Å². The minimum Gasteiger partial charge on any atom is -0.392 e. The summed E-state index contributed by atoms with van der Waals surface area (Å²) in [5.74, 6) is 0.741. The van der Waals surface area contributed by atoms with E-state index in [2.05, 4.69) is 31.7 Å². The average Bonchev–Trinajstić information content (AvgIpc) is 2.72. The number of nitriles is 1. The van der Waals surface area contributed by atoms with Crippen LogP contribution in [0.1, 0.15) is 51.2 Å². The first kappa shape index (κ1) is 15.9. The molecule has 0 amide bonds. The van der Waals surface area contributed by atoms with Crippen molar-refractivity contribution >= 4 is 5.69 Å². The zero-order chi connectivity index (χ0) is 15.5. The van der Waals surface area contributed by atoms with Crippen LogP contribution in [-0.2, 0) is 6.61 Å². The van der Waals surface area contributed by atoms with Crippen molar-refractivity contribution in [1.82, 2.24) is 0 Å². The minimum atomic E-state index is -0.0128. The predicted molar refractivity (Wildman–Crippen MR) is 86.1 cm³/mol. The van der Waals surface area contributed by atoms with E-state index >= 15 is 0 Å². The molecule has 1 fully saturated rings. The second kappa shape index (κ2) is 6.49. The highest BCUT2D eigenvalue weighted by Gasteiger charge is 2.27. The number of hydrogen-bond donors (Lipinski definition) is 1. The summed E-state index contributed by atoms with van der Waals surface area (Å²) >= 11 is 0. The SMILES string of the molecule is CC(C)(C)C1CCCN(c2ccc(CO)cc2C#N)CC1. The molecule has 1 aromatic rings. The molecule has 1 aliphatic rings. The first-order valence-corrected chi connectivity index (χ1v) is 7.84. The Morgan fingerprint density at radius 2 is 2.05 bits per heavy atom. The lowest BCUT2D eigenvalue weighted by Crippen LogP contribution is -2.26. The molecule has 1 N–H and O–H groups in total. The standard InChI is InChI=1S/C18H26N2O/c1-18(2,3)16-5-4-9-20(10-8-16)17-7-6-14(13-21)11-15(17)12-19/h6-7,11,16,21H,4-5,8-10,13H2,1-3H3. The fourth-order valence-electron chi connectivity index (χ4n) is 3.25. The fourth-order valence-corrected chi connectivity index (χ4v) is 3.25. The van der Waals surface area contributed by atoms with Gasteiger partial charge in [-0.2, -0.15) is 5.26 Å². The highest BCUT2D eigenvalue weighted by atomic mass is 16.3. The number of aliphatic hydroxyl groups is 1. The van der Waals surface area contributed by atoms with Gasteiger partial charge >= 0.3 is 0 Å². The van der Waals surface area contributed by atoms with Gasteiger partial charge in [-0.1, -0.05) is 26.8 Å². The van der Waals surface area contributed by atoms with Gasteiger partial charge in [0.2, 0.25) is 0 Å². The molecule has 2 rings (SSSR count). The van der Waals surface area contributed by atoms with E-state index in [1.165, 1.54) is 19.3 Å². The van der Waals surface area contributed by atoms with E-state index in [-0.39, 0.29) is 6.61 Å². The largest absolute Gasteiger partial charge is 0.392 e. The molecule has 21 heavy (non-hydrogen) atoms. The summed E-state index contributed by atoms with van der Waals surface area (Å²) in [4.78, 5) is 2.34. The van der Waals surface area contributed by atoms with E-state index in [9.17, 15) is 10.4 Å². The third kappa shape index (κ3) is 3.77. The van der Waals surface area contributed by atoms with Crippen LogP contribution in [0.3, 0.4) is 0 Å². The lowest BCUT2D eigenvalue weighted by molar-refractivity contribution is 0.220. The maximum absolute atomic E-state index is 9.36. The van der Waals surface area contributed by atoms with Crippen LogP contribution in [0.2, 0.25) is 0 Å². The van der Waals surface area contributed by atoms with Crippen LogP contribution in [-0.4, -0.2) is 18.2 Å².